The van der Waals surface area contributed by atoms with Gasteiger partial charge >= 0.3 is 12.1 Å². The first-order chi connectivity index (χ1) is 10.6. The number of esters is 1. The highest BCUT2D eigenvalue weighted by Crippen LogP contribution is 2.48. The van der Waals surface area contributed by atoms with Crippen molar-refractivity contribution in [2.75, 3.05) is 13.7 Å². The minimum atomic E-state index is -0.591. The van der Waals surface area contributed by atoms with Crippen LogP contribution in [0.15, 0.2) is 12.2 Å². The standard InChI is InChI=1S/C18H29NO4/c1-10-8-11(2)13-9-19(17(21)23-18(4,5)6)15(16(20)22-7)14(13)12(10)3/h11-15H,1,8-9H2,2-7H3/t11-,12+,13+,14-,15-/m0/s1. The number of ether oxygens (including phenoxy) is 2. The van der Waals surface area contributed by atoms with Crippen LogP contribution < -0.4 is 0 Å². The minimum Gasteiger partial charge on any atom is -0.467 e. The van der Waals surface area contributed by atoms with Gasteiger partial charge in [0.05, 0.1) is 7.11 Å². The summed E-state index contributed by atoms with van der Waals surface area (Å²) in [6.45, 7) is 14.5. The Bertz CT molecular complexity index is 508. The molecule has 1 aliphatic carbocycles. The number of hydrogen-bond donors (Lipinski definition) is 0. The Labute approximate surface area is 139 Å². The van der Waals surface area contributed by atoms with E-state index in [1.807, 2.05) is 20.8 Å². The van der Waals surface area contributed by atoms with Gasteiger partial charge in [-0.2, -0.15) is 0 Å². The first kappa shape index (κ1) is 17.8. The second-order valence-electron chi connectivity index (χ2n) is 7.97. The Morgan fingerprint density at radius 1 is 1.26 bits per heavy atom. The van der Waals surface area contributed by atoms with Gasteiger partial charge in [0.1, 0.15) is 11.6 Å². The van der Waals surface area contributed by atoms with Crippen molar-refractivity contribution in [3.8, 4) is 0 Å². The number of hydrogen-bond acceptors (Lipinski definition) is 4. The molecule has 0 spiro atoms. The quantitative estimate of drug-likeness (QED) is 0.549. The van der Waals surface area contributed by atoms with E-state index >= 15 is 0 Å². The summed E-state index contributed by atoms with van der Waals surface area (Å²) in [5.74, 6) is 0.534. The van der Waals surface area contributed by atoms with E-state index in [0.717, 1.165) is 12.0 Å². The number of allylic oxidation sites excluding steroid dienone is 1. The third-order valence-corrected chi connectivity index (χ3v) is 5.21. The molecule has 23 heavy (non-hydrogen) atoms. The molecule has 5 heteroatoms. The van der Waals surface area contributed by atoms with Gasteiger partial charge in [-0.1, -0.05) is 26.0 Å². The van der Waals surface area contributed by atoms with Crippen LogP contribution >= 0.6 is 0 Å². The summed E-state index contributed by atoms with van der Waals surface area (Å²) in [5, 5.41) is 0. The van der Waals surface area contributed by atoms with Gasteiger partial charge in [0.25, 0.3) is 0 Å². The van der Waals surface area contributed by atoms with Crippen molar-refractivity contribution in [1.29, 1.82) is 0 Å². The summed E-state index contributed by atoms with van der Waals surface area (Å²) in [6, 6.07) is -0.589. The van der Waals surface area contributed by atoms with Gasteiger partial charge in [-0.3, -0.25) is 4.90 Å². The summed E-state index contributed by atoms with van der Waals surface area (Å²) in [4.78, 5) is 26.6. The fraction of sp³-hybridized carbons (Fsp3) is 0.778. The van der Waals surface area contributed by atoms with E-state index in [1.165, 1.54) is 7.11 Å². The third-order valence-electron chi connectivity index (χ3n) is 5.21. The number of rotatable bonds is 1. The van der Waals surface area contributed by atoms with Crippen molar-refractivity contribution >= 4 is 12.1 Å². The molecule has 1 aliphatic heterocycles. The van der Waals surface area contributed by atoms with Crippen LogP contribution in [-0.4, -0.2) is 42.3 Å². The number of likely N-dealkylation sites (tertiary alicyclic amines) is 1. The number of carbonyl (C=O) groups is 2. The first-order valence-electron chi connectivity index (χ1n) is 8.32. The monoisotopic (exact) mass is 323 g/mol. The highest BCUT2D eigenvalue weighted by Gasteiger charge is 2.54. The molecule has 0 unspecified atom stereocenters. The Balaban J connectivity index is 2.34. The Morgan fingerprint density at radius 3 is 2.39 bits per heavy atom. The topological polar surface area (TPSA) is 55.8 Å². The molecule has 0 aromatic carbocycles. The van der Waals surface area contributed by atoms with Crippen molar-refractivity contribution in [1.82, 2.24) is 4.90 Å². The summed E-state index contributed by atoms with van der Waals surface area (Å²) in [7, 11) is 1.37. The first-order valence-corrected chi connectivity index (χ1v) is 8.32. The molecular weight excluding hydrogens is 294 g/mol. The van der Waals surface area contributed by atoms with Crippen LogP contribution in [-0.2, 0) is 14.3 Å². The van der Waals surface area contributed by atoms with Crippen LogP contribution in [0, 0.1) is 23.7 Å². The smallest absolute Gasteiger partial charge is 0.411 e. The van der Waals surface area contributed by atoms with Crippen LogP contribution in [0.1, 0.15) is 41.0 Å². The van der Waals surface area contributed by atoms with Gasteiger partial charge in [0, 0.05) is 12.5 Å². The molecule has 0 aromatic heterocycles. The minimum absolute atomic E-state index is 0.0474. The number of methoxy groups -OCH3 is 1. The maximum absolute atomic E-state index is 12.6. The highest BCUT2D eigenvalue weighted by molar-refractivity contribution is 5.83. The van der Waals surface area contributed by atoms with E-state index in [9.17, 15) is 9.59 Å². The molecule has 2 aliphatic rings. The molecule has 1 saturated carbocycles. The number of carbonyl (C=O) groups excluding carboxylic acids is 2. The fourth-order valence-electron chi connectivity index (χ4n) is 4.04. The lowest BCUT2D eigenvalue weighted by Gasteiger charge is -2.38. The third kappa shape index (κ3) is 3.38. The number of amides is 1. The molecule has 5 nitrogen and oxygen atoms in total. The van der Waals surface area contributed by atoms with Crippen molar-refractivity contribution in [2.24, 2.45) is 23.7 Å². The summed E-state index contributed by atoms with van der Waals surface area (Å²) >= 11 is 0. The predicted molar refractivity (Wildman–Crippen MR) is 87.8 cm³/mol. The van der Waals surface area contributed by atoms with E-state index in [4.69, 9.17) is 9.47 Å². The molecule has 0 aromatic rings. The van der Waals surface area contributed by atoms with Crippen molar-refractivity contribution in [3.05, 3.63) is 12.2 Å². The zero-order valence-corrected chi connectivity index (χ0v) is 15.1. The normalized spacial score (nSPS) is 34.1. The van der Waals surface area contributed by atoms with Gasteiger partial charge in [-0.05, 0) is 44.9 Å². The van der Waals surface area contributed by atoms with Gasteiger partial charge in [-0.25, -0.2) is 9.59 Å². The summed E-state index contributed by atoms with van der Waals surface area (Å²) in [6.07, 6.45) is 0.505. The maximum Gasteiger partial charge on any atom is 0.411 e. The van der Waals surface area contributed by atoms with Gasteiger partial charge in [0.2, 0.25) is 0 Å². The van der Waals surface area contributed by atoms with Crippen LogP contribution in [0.4, 0.5) is 4.79 Å². The number of nitrogens with zero attached hydrogens (tertiary/aromatic N) is 1. The second-order valence-corrected chi connectivity index (χ2v) is 7.97. The van der Waals surface area contributed by atoms with Crippen LogP contribution in [0.3, 0.4) is 0 Å². The fourth-order valence-corrected chi connectivity index (χ4v) is 4.04. The molecule has 1 amide bonds. The summed E-state index contributed by atoms with van der Waals surface area (Å²) in [5.41, 5.74) is 0.561. The lowest BCUT2D eigenvalue weighted by molar-refractivity contribution is -0.147. The molecule has 130 valence electrons. The van der Waals surface area contributed by atoms with E-state index in [2.05, 4.69) is 20.4 Å². The summed E-state index contributed by atoms with van der Waals surface area (Å²) < 4.78 is 10.5. The zero-order valence-electron chi connectivity index (χ0n) is 15.1. The molecule has 0 radical (unpaired) electrons. The van der Waals surface area contributed by atoms with Crippen LogP contribution in [0.2, 0.25) is 0 Å². The lowest BCUT2D eigenvalue weighted by Crippen LogP contribution is -2.47. The lowest BCUT2D eigenvalue weighted by atomic mass is 9.65. The molecule has 0 bridgehead atoms. The van der Waals surface area contributed by atoms with Crippen molar-refractivity contribution in [2.45, 2.75) is 52.7 Å². The zero-order chi connectivity index (χ0) is 17.5. The molecule has 0 N–H and O–H groups in total. The molecule has 5 atom stereocenters. The predicted octanol–water partition coefficient (Wildman–Crippen LogP) is 3.24. The number of fused-ring (bicyclic) bond motifs is 1. The van der Waals surface area contributed by atoms with E-state index in [1.54, 1.807) is 4.90 Å². The van der Waals surface area contributed by atoms with E-state index in [0.29, 0.717) is 12.5 Å². The van der Waals surface area contributed by atoms with Gasteiger partial charge < -0.3 is 9.47 Å². The molecule has 1 saturated heterocycles. The molecule has 2 fully saturated rings. The Kier molecular flexibility index (Phi) is 4.79. The average molecular weight is 323 g/mol. The van der Waals surface area contributed by atoms with E-state index in [-0.39, 0.29) is 23.7 Å². The molecule has 1 heterocycles. The highest BCUT2D eigenvalue weighted by atomic mass is 16.6. The van der Waals surface area contributed by atoms with Gasteiger partial charge in [-0.15, -0.1) is 0 Å². The van der Waals surface area contributed by atoms with E-state index < -0.39 is 17.7 Å². The largest absolute Gasteiger partial charge is 0.467 e. The Hall–Kier alpha value is -1.52. The second kappa shape index (κ2) is 6.17. The van der Waals surface area contributed by atoms with Crippen molar-refractivity contribution in [3.63, 3.8) is 0 Å². The SMILES string of the molecule is C=C1C[C@H](C)[C@H]2CN(C(=O)OC(C)(C)C)[C@H](C(=O)OC)[C@H]2[C@@H]1C. The van der Waals surface area contributed by atoms with Crippen LogP contribution in [0.25, 0.3) is 0 Å². The maximum atomic E-state index is 12.6. The van der Waals surface area contributed by atoms with Crippen LogP contribution in [0.5, 0.6) is 0 Å². The molecule has 2 rings (SSSR count). The van der Waals surface area contributed by atoms with Crippen molar-refractivity contribution < 1.29 is 19.1 Å². The average Bonchev–Trinajstić information content (AvgIpc) is 2.83. The Morgan fingerprint density at radius 2 is 1.87 bits per heavy atom. The molecular formula is C18H29NO4. The van der Waals surface area contributed by atoms with Gasteiger partial charge in [0.15, 0.2) is 0 Å².